The molecule has 0 aliphatic carbocycles. The zero-order valence-electron chi connectivity index (χ0n) is 9.26. The Morgan fingerprint density at radius 1 is 1.38 bits per heavy atom. The lowest BCUT2D eigenvalue weighted by molar-refractivity contribution is 0.185. The minimum atomic E-state index is 0.539. The fourth-order valence-electron chi connectivity index (χ4n) is 1.66. The van der Waals surface area contributed by atoms with E-state index in [1.165, 1.54) is 11.1 Å². The molecule has 2 aromatic rings. The highest BCUT2D eigenvalue weighted by atomic mass is 16.5. The van der Waals surface area contributed by atoms with Gasteiger partial charge in [-0.25, -0.2) is 4.98 Å². The number of rotatable bonds is 4. The summed E-state index contributed by atoms with van der Waals surface area (Å²) in [6, 6.07) is 8.25. The monoisotopic (exact) mass is 217 g/mol. The molecule has 1 heterocycles. The van der Waals surface area contributed by atoms with Crippen LogP contribution in [0.2, 0.25) is 0 Å². The molecule has 1 aromatic heterocycles. The van der Waals surface area contributed by atoms with E-state index < -0.39 is 0 Å². The van der Waals surface area contributed by atoms with Gasteiger partial charge in [-0.1, -0.05) is 24.3 Å². The van der Waals surface area contributed by atoms with Crippen molar-refractivity contribution in [2.24, 2.45) is 0 Å². The molecule has 0 saturated carbocycles. The molecule has 0 spiro atoms. The van der Waals surface area contributed by atoms with Crippen molar-refractivity contribution in [3.05, 3.63) is 47.8 Å². The van der Waals surface area contributed by atoms with Crippen LogP contribution in [-0.4, -0.2) is 16.7 Å². The van der Waals surface area contributed by atoms with Gasteiger partial charge in [0.25, 0.3) is 0 Å². The van der Waals surface area contributed by atoms with Crippen molar-refractivity contribution < 1.29 is 4.74 Å². The summed E-state index contributed by atoms with van der Waals surface area (Å²) in [7, 11) is 1.69. The van der Waals surface area contributed by atoms with Gasteiger partial charge in [-0.3, -0.25) is 0 Å². The van der Waals surface area contributed by atoms with Crippen LogP contribution in [0.15, 0.2) is 36.7 Å². The lowest BCUT2D eigenvalue weighted by atomic mass is 10.1. The van der Waals surface area contributed by atoms with Crippen molar-refractivity contribution >= 4 is 5.95 Å². The van der Waals surface area contributed by atoms with Gasteiger partial charge < -0.3 is 15.0 Å². The summed E-state index contributed by atoms with van der Waals surface area (Å²) in [6.45, 7) is 1.37. The molecule has 0 saturated heterocycles. The molecule has 0 aliphatic rings. The number of nitrogens with two attached hydrogens (primary N) is 1. The van der Waals surface area contributed by atoms with Crippen molar-refractivity contribution in [3.8, 4) is 0 Å². The predicted molar refractivity (Wildman–Crippen MR) is 62.9 cm³/mol. The third-order valence-corrected chi connectivity index (χ3v) is 2.40. The standard InChI is InChI=1S/C12H15N3O/c1-16-9-11-4-2-3-10(7-11)8-15-6-5-14-12(15)13/h2-7H,8-9H2,1H3,(H2,13,14). The van der Waals surface area contributed by atoms with Crippen LogP contribution in [0.5, 0.6) is 0 Å². The molecule has 0 aliphatic heterocycles. The van der Waals surface area contributed by atoms with E-state index in [1.54, 1.807) is 13.3 Å². The lowest BCUT2D eigenvalue weighted by Gasteiger charge is -2.06. The van der Waals surface area contributed by atoms with Gasteiger partial charge in [0, 0.05) is 19.5 Å². The summed E-state index contributed by atoms with van der Waals surface area (Å²) in [5.41, 5.74) is 8.07. The number of ether oxygens (including phenoxy) is 1. The van der Waals surface area contributed by atoms with E-state index in [4.69, 9.17) is 10.5 Å². The number of aromatic nitrogens is 2. The number of anilines is 1. The SMILES string of the molecule is COCc1cccc(Cn2ccnc2N)c1. The first-order chi connectivity index (χ1) is 7.79. The lowest BCUT2D eigenvalue weighted by Crippen LogP contribution is -2.04. The molecule has 84 valence electrons. The average molecular weight is 217 g/mol. The minimum Gasteiger partial charge on any atom is -0.380 e. The van der Waals surface area contributed by atoms with Crippen LogP contribution in [-0.2, 0) is 17.9 Å². The van der Waals surface area contributed by atoms with E-state index in [0.29, 0.717) is 12.6 Å². The van der Waals surface area contributed by atoms with Crippen LogP contribution in [0.3, 0.4) is 0 Å². The Morgan fingerprint density at radius 2 is 2.19 bits per heavy atom. The van der Waals surface area contributed by atoms with Crippen LogP contribution in [0.1, 0.15) is 11.1 Å². The zero-order valence-corrected chi connectivity index (χ0v) is 9.26. The molecule has 2 rings (SSSR count). The second-order valence-electron chi connectivity index (χ2n) is 3.67. The van der Waals surface area contributed by atoms with E-state index >= 15 is 0 Å². The van der Waals surface area contributed by atoms with Gasteiger partial charge in [0.15, 0.2) is 5.95 Å². The van der Waals surface area contributed by atoms with Crippen LogP contribution in [0.25, 0.3) is 0 Å². The molecule has 0 amide bonds. The highest BCUT2D eigenvalue weighted by Crippen LogP contribution is 2.10. The highest BCUT2D eigenvalue weighted by Gasteiger charge is 2.00. The molecule has 0 bridgehead atoms. The Hall–Kier alpha value is -1.81. The van der Waals surface area contributed by atoms with Crippen LogP contribution in [0.4, 0.5) is 5.95 Å². The van der Waals surface area contributed by atoms with Gasteiger partial charge in [0.1, 0.15) is 0 Å². The van der Waals surface area contributed by atoms with E-state index in [1.807, 2.05) is 22.9 Å². The van der Waals surface area contributed by atoms with Gasteiger partial charge in [-0.15, -0.1) is 0 Å². The fraction of sp³-hybridized carbons (Fsp3) is 0.250. The number of hydrogen-bond acceptors (Lipinski definition) is 3. The van der Waals surface area contributed by atoms with Crippen LogP contribution < -0.4 is 5.73 Å². The summed E-state index contributed by atoms with van der Waals surface area (Å²) in [5.74, 6) is 0.539. The van der Waals surface area contributed by atoms with E-state index in [-0.39, 0.29) is 0 Å². The predicted octanol–water partition coefficient (Wildman–Crippen LogP) is 1.66. The number of methoxy groups -OCH3 is 1. The Kier molecular flexibility index (Phi) is 3.22. The van der Waals surface area contributed by atoms with Crippen molar-refractivity contribution in [3.63, 3.8) is 0 Å². The number of nitrogen functional groups attached to an aromatic ring is 1. The molecule has 1 aromatic carbocycles. The van der Waals surface area contributed by atoms with E-state index in [9.17, 15) is 0 Å². The molecular formula is C12H15N3O. The van der Waals surface area contributed by atoms with Gasteiger partial charge in [0.05, 0.1) is 13.2 Å². The second-order valence-corrected chi connectivity index (χ2v) is 3.67. The fourth-order valence-corrected chi connectivity index (χ4v) is 1.66. The third-order valence-electron chi connectivity index (χ3n) is 2.40. The molecule has 0 atom stereocenters. The van der Waals surface area contributed by atoms with Crippen LogP contribution in [0, 0.1) is 0 Å². The van der Waals surface area contributed by atoms with Crippen molar-refractivity contribution in [2.45, 2.75) is 13.2 Å². The maximum absolute atomic E-state index is 5.71. The van der Waals surface area contributed by atoms with Crippen molar-refractivity contribution in [2.75, 3.05) is 12.8 Å². The summed E-state index contributed by atoms with van der Waals surface area (Å²) >= 11 is 0. The average Bonchev–Trinajstić information content (AvgIpc) is 2.66. The Labute approximate surface area is 94.7 Å². The largest absolute Gasteiger partial charge is 0.380 e. The van der Waals surface area contributed by atoms with Crippen LogP contribution >= 0.6 is 0 Å². The molecule has 16 heavy (non-hydrogen) atoms. The molecule has 4 heteroatoms. The topological polar surface area (TPSA) is 53.1 Å². The number of imidazole rings is 1. The second kappa shape index (κ2) is 4.81. The maximum Gasteiger partial charge on any atom is 0.200 e. The normalized spacial score (nSPS) is 10.6. The van der Waals surface area contributed by atoms with Crippen molar-refractivity contribution in [1.29, 1.82) is 0 Å². The third kappa shape index (κ3) is 2.41. The smallest absolute Gasteiger partial charge is 0.200 e. The summed E-state index contributed by atoms with van der Waals surface area (Å²) < 4.78 is 7.01. The first kappa shape index (κ1) is 10.7. The first-order valence-corrected chi connectivity index (χ1v) is 5.13. The Morgan fingerprint density at radius 3 is 2.88 bits per heavy atom. The summed E-state index contributed by atoms with van der Waals surface area (Å²) in [6.07, 6.45) is 3.58. The molecule has 4 nitrogen and oxygen atoms in total. The minimum absolute atomic E-state index is 0.539. The van der Waals surface area contributed by atoms with Gasteiger partial charge in [0.2, 0.25) is 0 Å². The Balaban J connectivity index is 2.15. The highest BCUT2D eigenvalue weighted by molar-refractivity contribution is 5.26. The van der Waals surface area contributed by atoms with E-state index in [0.717, 1.165) is 6.54 Å². The molecule has 2 N–H and O–H groups in total. The molecular weight excluding hydrogens is 202 g/mol. The zero-order chi connectivity index (χ0) is 11.4. The van der Waals surface area contributed by atoms with Crippen molar-refractivity contribution in [1.82, 2.24) is 9.55 Å². The number of nitrogens with zero attached hydrogens (tertiary/aromatic N) is 2. The summed E-state index contributed by atoms with van der Waals surface area (Å²) in [5, 5.41) is 0. The maximum atomic E-state index is 5.71. The number of hydrogen-bond donors (Lipinski definition) is 1. The molecule has 0 radical (unpaired) electrons. The first-order valence-electron chi connectivity index (χ1n) is 5.13. The van der Waals surface area contributed by atoms with E-state index in [2.05, 4.69) is 17.1 Å². The van der Waals surface area contributed by atoms with Gasteiger partial charge in [-0.2, -0.15) is 0 Å². The van der Waals surface area contributed by atoms with Gasteiger partial charge >= 0.3 is 0 Å². The number of benzene rings is 1. The molecule has 0 fully saturated rings. The van der Waals surface area contributed by atoms with Gasteiger partial charge in [-0.05, 0) is 11.1 Å². The molecule has 0 unspecified atom stereocenters. The quantitative estimate of drug-likeness (QED) is 0.847. The Bertz CT molecular complexity index is 465. The summed E-state index contributed by atoms with van der Waals surface area (Å²) in [4.78, 5) is 3.99.